The number of ether oxygens (including phenoxy) is 1. The molecule has 19 heavy (non-hydrogen) atoms. The van der Waals surface area contributed by atoms with Crippen LogP contribution in [0.3, 0.4) is 0 Å². The van der Waals surface area contributed by atoms with Crippen LogP contribution in [-0.4, -0.2) is 24.4 Å². The molecule has 0 aliphatic carbocycles. The number of unbranched alkanes of at least 4 members (excludes halogenated alkanes) is 1. The van der Waals surface area contributed by atoms with Gasteiger partial charge in [0.15, 0.2) is 0 Å². The molecule has 0 atom stereocenters. The molecule has 0 aliphatic rings. The summed E-state index contributed by atoms with van der Waals surface area (Å²) in [6.45, 7) is 2.04. The number of hydrogen-bond acceptors (Lipinski definition) is 3. The van der Waals surface area contributed by atoms with Crippen LogP contribution in [0.4, 0.5) is 0 Å². The largest absolute Gasteiger partial charge is 0.481 e. The van der Waals surface area contributed by atoms with Crippen molar-refractivity contribution in [3.63, 3.8) is 0 Å². The summed E-state index contributed by atoms with van der Waals surface area (Å²) >= 11 is 0. The van der Waals surface area contributed by atoms with Gasteiger partial charge < -0.3 is 9.84 Å². The molecule has 0 spiro atoms. The van der Waals surface area contributed by atoms with Gasteiger partial charge in [0, 0.05) is 26.1 Å². The van der Waals surface area contributed by atoms with E-state index in [4.69, 9.17) is 15.6 Å². The molecule has 0 amide bonds. The summed E-state index contributed by atoms with van der Waals surface area (Å²) in [5, 5.41) is 11.6. The Morgan fingerprint density at radius 2 is 2.11 bits per heavy atom. The molecule has 0 aliphatic heterocycles. The monoisotopic (exact) mass is 265 g/mol. The van der Waals surface area contributed by atoms with Crippen LogP contribution in [0.2, 0.25) is 0 Å². The van der Waals surface area contributed by atoms with E-state index in [1.807, 2.05) is 24.3 Å². The summed E-state index contributed by atoms with van der Waals surface area (Å²) < 4.78 is 5.35. The molecular formula is C14H21N2O3. The molecule has 5 heteroatoms. The maximum Gasteiger partial charge on any atom is 0.303 e. The second-order valence-corrected chi connectivity index (χ2v) is 4.33. The predicted molar refractivity (Wildman–Crippen MR) is 72.4 cm³/mol. The van der Waals surface area contributed by atoms with Gasteiger partial charge >= 0.3 is 5.97 Å². The van der Waals surface area contributed by atoms with Crippen LogP contribution in [0, 0.1) is 0 Å². The molecule has 0 saturated heterocycles. The average molecular weight is 265 g/mol. The Morgan fingerprint density at radius 1 is 1.32 bits per heavy atom. The fourth-order valence-electron chi connectivity index (χ4n) is 1.67. The molecule has 1 rings (SSSR count). The van der Waals surface area contributed by atoms with E-state index in [0.29, 0.717) is 32.8 Å². The Bertz CT molecular complexity index is 383. The molecule has 0 unspecified atom stereocenters. The molecule has 0 bridgehead atoms. The number of aliphatic carboxylic acids is 1. The van der Waals surface area contributed by atoms with Crippen molar-refractivity contribution < 1.29 is 14.6 Å². The summed E-state index contributed by atoms with van der Waals surface area (Å²) in [5.41, 5.74) is 9.44. The highest BCUT2D eigenvalue weighted by Gasteiger charge is 1.97. The number of carboxylic acids is 1. The highest BCUT2D eigenvalue weighted by molar-refractivity contribution is 5.66. The lowest BCUT2D eigenvalue weighted by molar-refractivity contribution is -0.137. The van der Waals surface area contributed by atoms with Gasteiger partial charge in [-0.1, -0.05) is 24.3 Å². The maximum atomic E-state index is 10.3. The smallest absolute Gasteiger partial charge is 0.303 e. The molecule has 1 aromatic carbocycles. The zero-order valence-electron chi connectivity index (χ0n) is 11.0. The fraction of sp³-hybridized carbons (Fsp3) is 0.500. The lowest BCUT2D eigenvalue weighted by Crippen LogP contribution is -2.18. The molecule has 0 heterocycles. The van der Waals surface area contributed by atoms with Gasteiger partial charge in [0.05, 0.1) is 6.73 Å². The molecule has 1 radical (unpaired) electrons. The Morgan fingerprint density at radius 3 is 2.84 bits per heavy atom. The minimum absolute atomic E-state index is 0.205. The minimum Gasteiger partial charge on any atom is -0.481 e. The van der Waals surface area contributed by atoms with Crippen LogP contribution < -0.4 is 11.1 Å². The normalized spacial score (nSPS) is 10.6. The molecule has 1 aromatic rings. The Kier molecular flexibility index (Phi) is 7.81. The molecular weight excluding hydrogens is 244 g/mol. The van der Waals surface area contributed by atoms with Crippen molar-refractivity contribution in [3.05, 3.63) is 35.4 Å². The van der Waals surface area contributed by atoms with Crippen LogP contribution in [0.25, 0.3) is 0 Å². The van der Waals surface area contributed by atoms with E-state index in [1.165, 1.54) is 0 Å². The number of nitrogens with one attached hydrogen (secondary N) is 2. The lowest BCUT2D eigenvalue weighted by atomic mass is 10.1. The van der Waals surface area contributed by atoms with Gasteiger partial charge in [0.25, 0.3) is 0 Å². The van der Waals surface area contributed by atoms with Crippen LogP contribution in [0.5, 0.6) is 0 Å². The first-order valence-electron chi connectivity index (χ1n) is 6.45. The van der Waals surface area contributed by atoms with Crippen LogP contribution >= 0.6 is 0 Å². The quantitative estimate of drug-likeness (QED) is 0.499. The first-order valence-corrected chi connectivity index (χ1v) is 6.45. The topological polar surface area (TPSA) is 82.4 Å². The van der Waals surface area contributed by atoms with Crippen molar-refractivity contribution in [3.8, 4) is 0 Å². The predicted octanol–water partition coefficient (Wildman–Crippen LogP) is 1.79. The third-order valence-corrected chi connectivity index (χ3v) is 2.66. The van der Waals surface area contributed by atoms with Gasteiger partial charge in [-0.15, -0.1) is 0 Å². The van der Waals surface area contributed by atoms with Crippen LogP contribution in [0.1, 0.15) is 30.4 Å². The van der Waals surface area contributed by atoms with E-state index in [9.17, 15) is 4.79 Å². The van der Waals surface area contributed by atoms with Crippen molar-refractivity contribution in [2.24, 2.45) is 0 Å². The molecule has 105 valence electrons. The lowest BCUT2D eigenvalue weighted by Gasteiger charge is -2.07. The van der Waals surface area contributed by atoms with Gasteiger partial charge in [0.2, 0.25) is 0 Å². The van der Waals surface area contributed by atoms with E-state index in [-0.39, 0.29) is 6.42 Å². The van der Waals surface area contributed by atoms with E-state index in [2.05, 4.69) is 5.32 Å². The highest BCUT2D eigenvalue weighted by atomic mass is 16.5. The van der Waals surface area contributed by atoms with Gasteiger partial charge in [-0.2, -0.15) is 0 Å². The first kappa shape index (κ1) is 15.6. The van der Waals surface area contributed by atoms with Crippen LogP contribution in [0.15, 0.2) is 24.3 Å². The van der Waals surface area contributed by atoms with Gasteiger partial charge in [-0.3, -0.25) is 15.8 Å². The van der Waals surface area contributed by atoms with E-state index in [0.717, 1.165) is 17.5 Å². The second-order valence-electron chi connectivity index (χ2n) is 4.33. The van der Waals surface area contributed by atoms with E-state index >= 15 is 0 Å². The zero-order valence-corrected chi connectivity index (χ0v) is 11.0. The standard InChI is InChI=1S/C14H21N2O3/c15-9-12-4-3-5-13(8-12)10-16-11-19-7-2-1-6-14(17)18/h3-5,8,15-16H,1-2,6-7,9-11H2,(H,17,18). The number of benzene rings is 1. The summed E-state index contributed by atoms with van der Waals surface area (Å²) in [5.74, 6) is -0.757. The molecule has 0 fully saturated rings. The van der Waals surface area contributed by atoms with Crippen LogP contribution in [-0.2, 0) is 22.6 Å². The Hall–Kier alpha value is -1.43. The van der Waals surface area contributed by atoms with Gasteiger partial charge in [-0.25, -0.2) is 0 Å². The van der Waals surface area contributed by atoms with Crippen molar-refractivity contribution >= 4 is 5.97 Å². The number of rotatable bonds is 10. The first-order chi connectivity index (χ1) is 9.22. The summed E-state index contributed by atoms with van der Waals surface area (Å²) in [6, 6.07) is 7.91. The Balaban J connectivity index is 2.02. The second kappa shape index (κ2) is 9.49. The zero-order chi connectivity index (χ0) is 13.9. The Labute approximate surface area is 113 Å². The third kappa shape index (κ3) is 7.56. The summed E-state index contributed by atoms with van der Waals surface area (Å²) in [7, 11) is 0. The van der Waals surface area contributed by atoms with Gasteiger partial charge in [-0.05, 0) is 24.0 Å². The fourth-order valence-corrected chi connectivity index (χ4v) is 1.67. The molecule has 0 aromatic heterocycles. The molecule has 5 nitrogen and oxygen atoms in total. The van der Waals surface area contributed by atoms with E-state index < -0.39 is 5.97 Å². The van der Waals surface area contributed by atoms with Crippen molar-refractivity contribution in [2.45, 2.75) is 32.4 Å². The van der Waals surface area contributed by atoms with Crippen molar-refractivity contribution in [2.75, 3.05) is 13.3 Å². The van der Waals surface area contributed by atoms with Gasteiger partial charge in [0.1, 0.15) is 0 Å². The van der Waals surface area contributed by atoms with Crippen molar-refractivity contribution in [1.82, 2.24) is 11.1 Å². The SMILES string of the molecule is [NH]Cc1cccc(CNCOCCCCC(=O)O)c1. The third-order valence-electron chi connectivity index (χ3n) is 2.66. The number of hydrogen-bond donors (Lipinski definition) is 2. The number of carboxylic acid groups (broad SMARTS) is 1. The highest BCUT2D eigenvalue weighted by Crippen LogP contribution is 2.04. The molecule has 0 saturated carbocycles. The van der Waals surface area contributed by atoms with Crippen molar-refractivity contribution in [1.29, 1.82) is 0 Å². The summed E-state index contributed by atoms with van der Waals surface area (Å²) in [6.07, 6.45) is 1.62. The summed E-state index contributed by atoms with van der Waals surface area (Å²) in [4.78, 5) is 10.3. The maximum absolute atomic E-state index is 10.3. The van der Waals surface area contributed by atoms with E-state index in [1.54, 1.807) is 0 Å². The number of carbonyl (C=O) groups is 1. The molecule has 3 N–H and O–H groups in total. The average Bonchev–Trinajstić information content (AvgIpc) is 2.41. The minimum atomic E-state index is -0.757.